The number of anilines is 1. The summed E-state index contributed by atoms with van der Waals surface area (Å²) in [7, 11) is 0. The van der Waals surface area contributed by atoms with Crippen LogP contribution in [0.1, 0.15) is 56.5 Å². The van der Waals surface area contributed by atoms with Gasteiger partial charge in [0.1, 0.15) is 11.9 Å². The molecule has 19 heavy (non-hydrogen) atoms. The summed E-state index contributed by atoms with van der Waals surface area (Å²) in [5.74, 6) is 0.241. The van der Waals surface area contributed by atoms with Crippen LogP contribution in [0, 0.1) is 0 Å². The molecule has 0 unspecified atom stereocenters. The van der Waals surface area contributed by atoms with Crippen molar-refractivity contribution in [2.24, 2.45) is 0 Å². The van der Waals surface area contributed by atoms with E-state index in [1.807, 2.05) is 19.9 Å². The first kappa shape index (κ1) is 15.2. The summed E-state index contributed by atoms with van der Waals surface area (Å²) in [5, 5.41) is 2.70. The molecule has 0 bridgehead atoms. The Morgan fingerprint density at radius 2 is 1.95 bits per heavy atom. The lowest BCUT2D eigenvalue weighted by Gasteiger charge is -2.21. The predicted molar refractivity (Wildman–Crippen MR) is 75.8 cm³/mol. The summed E-state index contributed by atoms with van der Waals surface area (Å²) < 4.78 is 5.21. The molecule has 1 aromatic carbocycles. The number of ether oxygens (including phenoxy) is 1. The number of carbonyl (C=O) groups excluding carboxylic acids is 2. The van der Waals surface area contributed by atoms with Gasteiger partial charge in [-0.1, -0.05) is 26.0 Å². The number of nitrogens with one attached hydrogen (secondary N) is 1. The minimum Gasteiger partial charge on any atom is -0.444 e. The van der Waals surface area contributed by atoms with Crippen LogP contribution in [0.3, 0.4) is 0 Å². The number of carbonyl (C=O) groups is 2. The Labute approximate surface area is 114 Å². The molecule has 0 spiro atoms. The van der Waals surface area contributed by atoms with Crippen molar-refractivity contribution in [2.45, 2.75) is 46.1 Å². The fraction of sp³-hybridized carbons (Fsp3) is 0.467. The predicted octanol–water partition coefficient (Wildman–Crippen LogP) is 3.97. The number of rotatable bonds is 3. The van der Waals surface area contributed by atoms with Crippen molar-refractivity contribution in [3.05, 3.63) is 29.3 Å². The minimum absolute atomic E-state index is 0.241. The number of benzene rings is 1. The minimum atomic E-state index is -0.551. The molecule has 0 heterocycles. The van der Waals surface area contributed by atoms with E-state index in [9.17, 15) is 9.59 Å². The third-order valence-corrected chi connectivity index (χ3v) is 2.47. The van der Waals surface area contributed by atoms with Gasteiger partial charge in [-0.25, -0.2) is 4.79 Å². The third-order valence-electron chi connectivity index (χ3n) is 2.47. The summed E-state index contributed by atoms with van der Waals surface area (Å²) in [4.78, 5) is 22.6. The van der Waals surface area contributed by atoms with E-state index in [4.69, 9.17) is 4.74 Å². The maximum Gasteiger partial charge on any atom is 0.412 e. The van der Waals surface area contributed by atoms with Crippen molar-refractivity contribution >= 4 is 18.1 Å². The molecule has 1 aromatic rings. The zero-order valence-electron chi connectivity index (χ0n) is 12.1. The molecule has 0 radical (unpaired) electrons. The molecule has 0 saturated heterocycles. The van der Waals surface area contributed by atoms with Crippen LogP contribution in [-0.4, -0.2) is 18.0 Å². The molecule has 0 aliphatic carbocycles. The Bertz CT molecular complexity index is 473. The van der Waals surface area contributed by atoms with Gasteiger partial charge in [0, 0.05) is 11.3 Å². The van der Waals surface area contributed by atoms with Gasteiger partial charge in [-0.05, 0) is 38.3 Å². The van der Waals surface area contributed by atoms with Crippen LogP contribution in [0.4, 0.5) is 10.5 Å². The first-order chi connectivity index (χ1) is 8.73. The van der Waals surface area contributed by atoms with Crippen molar-refractivity contribution in [1.82, 2.24) is 0 Å². The van der Waals surface area contributed by atoms with E-state index in [-0.39, 0.29) is 5.92 Å². The molecule has 4 heteroatoms. The topological polar surface area (TPSA) is 55.4 Å². The van der Waals surface area contributed by atoms with Crippen LogP contribution < -0.4 is 5.32 Å². The fourth-order valence-corrected chi connectivity index (χ4v) is 1.67. The highest BCUT2D eigenvalue weighted by Gasteiger charge is 2.18. The lowest BCUT2D eigenvalue weighted by molar-refractivity contribution is 0.0635. The number of amides is 1. The second-order valence-electron chi connectivity index (χ2n) is 5.75. The van der Waals surface area contributed by atoms with Gasteiger partial charge in [0.25, 0.3) is 0 Å². The molecule has 0 fully saturated rings. The quantitative estimate of drug-likeness (QED) is 0.839. The van der Waals surface area contributed by atoms with Crippen LogP contribution in [0.5, 0.6) is 0 Å². The van der Waals surface area contributed by atoms with E-state index >= 15 is 0 Å². The first-order valence-corrected chi connectivity index (χ1v) is 6.32. The second-order valence-corrected chi connectivity index (χ2v) is 5.75. The SMILES string of the molecule is CC(C)c1ccc(C=O)cc1NC(=O)OC(C)(C)C. The molecule has 1 amide bonds. The molecule has 0 saturated carbocycles. The van der Waals surface area contributed by atoms with Gasteiger partial charge in [-0.2, -0.15) is 0 Å². The van der Waals surface area contributed by atoms with Crippen LogP contribution in [-0.2, 0) is 4.74 Å². The summed E-state index contributed by atoms with van der Waals surface area (Å²) in [5.41, 5.74) is 1.56. The van der Waals surface area contributed by atoms with Gasteiger partial charge in [0.15, 0.2) is 0 Å². The Kier molecular flexibility index (Phi) is 4.70. The van der Waals surface area contributed by atoms with Gasteiger partial charge < -0.3 is 4.74 Å². The monoisotopic (exact) mass is 263 g/mol. The van der Waals surface area contributed by atoms with E-state index in [0.29, 0.717) is 11.3 Å². The van der Waals surface area contributed by atoms with Crippen molar-refractivity contribution < 1.29 is 14.3 Å². The van der Waals surface area contributed by atoms with E-state index in [1.54, 1.807) is 32.9 Å². The maximum atomic E-state index is 11.8. The molecule has 0 atom stereocenters. The molecule has 0 aliphatic heterocycles. The standard InChI is InChI=1S/C15H21NO3/c1-10(2)12-7-6-11(9-17)8-13(12)16-14(18)19-15(3,4)5/h6-10H,1-5H3,(H,16,18). The largest absolute Gasteiger partial charge is 0.444 e. The van der Waals surface area contributed by atoms with E-state index < -0.39 is 11.7 Å². The molecule has 0 aromatic heterocycles. The van der Waals surface area contributed by atoms with E-state index in [2.05, 4.69) is 5.32 Å². The number of aldehydes is 1. The number of hydrogen-bond donors (Lipinski definition) is 1. The van der Waals surface area contributed by atoms with Gasteiger partial charge in [0.2, 0.25) is 0 Å². The van der Waals surface area contributed by atoms with Crippen molar-refractivity contribution in [2.75, 3.05) is 5.32 Å². The van der Waals surface area contributed by atoms with Crippen LogP contribution in [0.25, 0.3) is 0 Å². The highest BCUT2D eigenvalue weighted by molar-refractivity contribution is 5.88. The summed E-state index contributed by atoms with van der Waals surface area (Å²) >= 11 is 0. The maximum absolute atomic E-state index is 11.8. The average molecular weight is 263 g/mol. The Balaban J connectivity index is 2.97. The van der Waals surface area contributed by atoms with Gasteiger partial charge in [0.05, 0.1) is 0 Å². The lowest BCUT2D eigenvalue weighted by Crippen LogP contribution is -2.27. The first-order valence-electron chi connectivity index (χ1n) is 6.32. The lowest BCUT2D eigenvalue weighted by atomic mass is 9.99. The zero-order valence-corrected chi connectivity index (χ0v) is 12.1. The molecule has 1 N–H and O–H groups in total. The van der Waals surface area contributed by atoms with Gasteiger partial charge >= 0.3 is 6.09 Å². The summed E-state index contributed by atoms with van der Waals surface area (Å²) in [6.07, 6.45) is 0.238. The summed E-state index contributed by atoms with van der Waals surface area (Å²) in [6, 6.07) is 5.25. The fourth-order valence-electron chi connectivity index (χ4n) is 1.67. The smallest absolute Gasteiger partial charge is 0.412 e. The third kappa shape index (κ3) is 4.73. The second kappa shape index (κ2) is 5.87. The molecule has 104 valence electrons. The Hall–Kier alpha value is -1.84. The highest BCUT2D eigenvalue weighted by atomic mass is 16.6. The van der Waals surface area contributed by atoms with Crippen LogP contribution >= 0.6 is 0 Å². The molecular weight excluding hydrogens is 242 g/mol. The van der Waals surface area contributed by atoms with Crippen molar-refractivity contribution in [3.8, 4) is 0 Å². The van der Waals surface area contributed by atoms with Gasteiger partial charge in [-0.15, -0.1) is 0 Å². The highest BCUT2D eigenvalue weighted by Crippen LogP contribution is 2.25. The summed E-state index contributed by atoms with van der Waals surface area (Å²) in [6.45, 7) is 9.46. The van der Waals surface area contributed by atoms with E-state index in [1.165, 1.54) is 0 Å². The van der Waals surface area contributed by atoms with Crippen LogP contribution in [0.15, 0.2) is 18.2 Å². The van der Waals surface area contributed by atoms with Crippen molar-refractivity contribution in [3.63, 3.8) is 0 Å². The molecular formula is C15H21NO3. The Morgan fingerprint density at radius 1 is 1.32 bits per heavy atom. The molecule has 1 rings (SSSR count). The zero-order chi connectivity index (χ0) is 14.6. The van der Waals surface area contributed by atoms with Crippen LogP contribution in [0.2, 0.25) is 0 Å². The average Bonchev–Trinajstić information content (AvgIpc) is 2.25. The number of hydrogen-bond acceptors (Lipinski definition) is 3. The molecule has 4 nitrogen and oxygen atoms in total. The Morgan fingerprint density at radius 3 is 2.42 bits per heavy atom. The molecule has 0 aliphatic rings. The van der Waals surface area contributed by atoms with E-state index in [0.717, 1.165) is 11.8 Å². The van der Waals surface area contributed by atoms with Crippen molar-refractivity contribution in [1.29, 1.82) is 0 Å². The normalized spacial score (nSPS) is 11.3. The van der Waals surface area contributed by atoms with Gasteiger partial charge in [-0.3, -0.25) is 10.1 Å².